The average molecular weight is 659 g/mol. The van der Waals surface area contributed by atoms with E-state index < -0.39 is 109 Å². The van der Waals surface area contributed by atoms with Crippen molar-refractivity contribution in [1.29, 1.82) is 0 Å². The molecule has 256 valence electrons. The molecule has 3 aliphatic rings. The van der Waals surface area contributed by atoms with Crippen molar-refractivity contribution in [1.82, 2.24) is 0 Å². The molecule has 0 aromatic heterocycles. The summed E-state index contributed by atoms with van der Waals surface area (Å²) in [5, 5.41) is 0. The van der Waals surface area contributed by atoms with E-state index in [2.05, 4.69) is 0 Å². The minimum Gasteiger partial charge on any atom is -0.471 e. The molecule has 0 radical (unpaired) electrons. The van der Waals surface area contributed by atoms with Gasteiger partial charge >= 0.3 is 41.8 Å². The summed E-state index contributed by atoms with van der Waals surface area (Å²) in [7, 11) is 1.14. The molecule has 0 bridgehead atoms. The van der Waals surface area contributed by atoms with Crippen molar-refractivity contribution in [2.45, 2.75) is 104 Å². The maximum absolute atomic E-state index is 12.8. The van der Waals surface area contributed by atoms with Gasteiger partial charge in [0.05, 0.1) is 24.9 Å². The fourth-order valence-corrected chi connectivity index (χ4v) is 6.04. The lowest BCUT2D eigenvalue weighted by Gasteiger charge is -2.46. The predicted octanol–water partition coefficient (Wildman–Crippen LogP) is 0.389. The quantitative estimate of drug-likeness (QED) is 0.229. The Morgan fingerprint density at radius 2 is 1.33 bits per heavy atom. The molecule has 0 aromatic rings. The Bertz CT molecular complexity index is 1260. The molecule has 46 heavy (non-hydrogen) atoms. The molecule has 2 aliphatic heterocycles. The van der Waals surface area contributed by atoms with E-state index in [0.29, 0.717) is 0 Å². The predicted molar refractivity (Wildman–Crippen MR) is 145 cm³/mol. The van der Waals surface area contributed by atoms with Crippen molar-refractivity contribution in [3.05, 3.63) is 11.8 Å². The highest BCUT2D eigenvalue weighted by molar-refractivity contribution is 5.89. The van der Waals surface area contributed by atoms with Crippen LogP contribution in [0.5, 0.6) is 0 Å². The lowest BCUT2D eigenvalue weighted by Crippen LogP contribution is -2.64. The molecular formula is C29H38O17. The second kappa shape index (κ2) is 14.9. The van der Waals surface area contributed by atoms with E-state index in [-0.39, 0.29) is 12.0 Å². The minimum absolute atomic E-state index is 0.0453. The van der Waals surface area contributed by atoms with Crippen molar-refractivity contribution in [2.24, 2.45) is 11.8 Å². The van der Waals surface area contributed by atoms with Gasteiger partial charge in [-0.3, -0.25) is 28.8 Å². The molecule has 0 N–H and O–H groups in total. The number of carbonyl (C=O) groups excluding carboxylic acids is 7. The smallest absolute Gasteiger partial charge is 0.337 e. The third-order valence-corrected chi connectivity index (χ3v) is 7.41. The lowest BCUT2D eigenvalue weighted by molar-refractivity contribution is -0.348. The molecule has 2 fully saturated rings. The van der Waals surface area contributed by atoms with Gasteiger partial charge < -0.3 is 47.4 Å². The molecule has 0 amide bonds. The lowest BCUT2D eigenvalue weighted by atomic mass is 9.80. The van der Waals surface area contributed by atoms with Gasteiger partial charge in [-0.05, 0) is 6.92 Å². The molecule has 1 aliphatic carbocycles. The Kier molecular flexibility index (Phi) is 11.7. The zero-order chi connectivity index (χ0) is 34.5. The van der Waals surface area contributed by atoms with Gasteiger partial charge in [-0.2, -0.15) is 0 Å². The summed E-state index contributed by atoms with van der Waals surface area (Å²) < 4.78 is 55.6. The van der Waals surface area contributed by atoms with Crippen molar-refractivity contribution < 1.29 is 80.9 Å². The first-order valence-electron chi connectivity index (χ1n) is 14.2. The highest BCUT2D eigenvalue weighted by Gasteiger charge is 2.64. The van der Waals surface area contributed by atoms with Crippen LogP contribution >= 0.6 is 0 Å². The van der Waals surface area contributed by atoms with Crippen LogP contribution in [0.15, 0.2) is 11.8 Å². The molecule has 1 saturated heterocycles. The molecular weight excluding hydrogens is 620 g/mol. The highest BCUT2D eigenvalue weighted by Crippen LogP contribution is 2.52. The van der Waals surface area contributed by atoms with Gasteiger partial charge in [0.2, 0.25) is 12.6 Å². The Labute approximate surface area is 264 Å². The van der Waals surface area contributed by atoms with Gasteiger partial charge in [0, 0.05) is 53.9 Å². The third-order valence-electron chi connectivity index (χ3n) is 7.41. The number of hydrogen-bond acceptors (Lipinski definition) is 17. The van der Waals surface area contributed by atoms with Gasteiger partial charge in [-0.1, -0.05) is 0 Å². The maximum Gasteiger partial charge on any atom is 0.337 e. The Hall–Kier alpha value is -4.25. The SMILES string of the molecule is COC(=O)C1=CO[C@@H](O[C@@H]2O[C@H](COC(C)=O)[C@@H](OC(C)=O)[C@H](OC(C)=O)[C@H]2OC(C)=O)[C@H]2[C@@H]1[C@H](OC(C)=O)C[C@]2(C)OC(C)=O. The number of rotatable bonds is 10. The maximum atomic E-state index is 12.8. The Morgan fingerprint density at radius 1 is 0.761 bits per heavy atom. The first-order valence-corrected chi connectivity index (χ1v) is 14.2. The summed E-state index contributed by atoms with van der Waals surface area (Å²) in [6, 6.07) is 0. The summed E-state index contributed by atoms with van der Waals surface area (Å²) in [4.78, 5) is 85.3. The Balaban J connectivity index is 2.13. The highest BCUT2D eigenvalue weighted by atomic mass is 16.8. The van der Waals surface area contributed by atoms with Crippen LogP contribution < -0.4 is 0 Å². The fraction of sp³-hybridized carbons (Fsp3) is 0.690. The molecule has 10 atom stereocenters. The zero-order valence-corrected chi connectivity index (χ0v) is 26.6. The summed E-state index contributed by atoms with van der Waals surface area (Å²) >= 11 is 0. The van der Waals surface area contributed by atoms with Crippen LogP contribution in [0, 0.1) is 11.8 Å². The van der Waals surface area contributed by atoms with Gasteiger partial charge in [0.25, 0.3) is 0 Å². The zero-order valence-electron chi connectivity index (χ0n) is 26.6. The summed E-state index contributed by atoms with van der Waals surface area (Å²) in [6.07, 6.45) is -9.11. The van der Waals surface area contributed by atoms with Crippen LogP contribution in [0.2, 0.25) is 0 Å². The second-order valence-corrected chi connectivity index (χ2v) is 11.1. The van der Waals surface area contributed by atoms with Crippen LogP contribution in [-0.2, 0) is 80.9 Å². The van der Waals surface area contributed by atoms with Crippen LogP contribution in [0.1, 0.15) is 54.9 Å². The van der Waals surface area contributed by atoms with Crippen LogP contribution in [-0.4, -0.2) is 104 Å². The summed E-state index contributed by atoms with van der Waals surface area (Å²) in [5.41, 5.74) is -1.52. The molecule has 0 spiro atoms. The van der Waals surface area contributed by atoms with Crippen molar-refractivity contribution in [3.63, 3.8) is 0 Å². The summed E-state index contributed by atoms with van der Waals surface area (Å²) in [5.74, 6) is -7.52. The molecule has 17 nitrogen and oxygen atoms in total. The molecule has 0 unspecified atom stereocenters. The second-order valence-electron chi connectivity index (χ2n) is 11.1. The third kappa shape index (κ3) is 8.51. The number of fused-ring (bicyclic) bond motifs is 1. The number of carbonyl (C=O) groups is 7. The number of esters is 7. The van der Waals surface area contributed by atoms with E-state index in [1.165, 1.54) is 13.8 Å². The molecule has 0 aromatic carbocycles. The van der Waals surface area contributed by atoms with Gasteiger partial charge in [-0.15, -0.1) is 0 Å². The van der Waals surface area contributed by atoms with Gasteiger partial charge in [0.1, 0.15) is 24.4 Å². The van der Waals surface area contributed by atoms with Crippen LogP contribution in [0.3, 0.4) is 0 Å². The van der Waals surface area contributed by atoms with E-state index >= 15 is 0 Å². The number of hydrogen-bond donors (Lipinski definition) is 0. The first kappa shape index (κ1) is 36.2. The van der Waals surface area contributed by atoms with Gasteiger partial charge in [0.15, 0.2) is 18.3 Å². The van der Waals surface area contributed by atoms with E-state index in [1.54, 1.807) is 0 Å². The van der Waals surface area contributed by atoms with E-state index in [9.17, 15) is 33.6 Å². The fourth-order valence-electron chi connectivity index (χ4n) is 6.04. The van der Waals surface area contributed by atoms with Crippen LogP contribution in [0.4, 0.5) is 0 Å². The monoisotopic (exact) mass is 658 g/mol. The van der Waals surface area contributed by atoms with Gasteiger partial charge in [-0.25, -0.2) is 4.79 Å². The largest absolute Gasteiger partial charge is 0.471 e. The first-order chi connectivity index (χ1) is 21.5. The normalized spacial score (nSPS) is 33.1. The minimum atomic E-state index is -1.67. The number of methoxy groups -OCH3 is 1. The van der Waals surface area contributed by atoms with Crippen molar-refractivity contribution in [2.75, 3.05) is 13.7 Å². The number of ether oxygens (including phenoxy) is 10. The molecule has 2 heterocycles. The molecule has 17 heteroatoms. The average Bonchev–Trinajstić information content (AvgIpc) is 3.20. The van der Waals surface area contributed by atoms with E-state index in [0.717, 1.165) is 48.0 Å². The van der Waals surface area contributed by atoms with E-state index in [1.807, 2.05) is 0 Å². The van der Waals surface area contributed by atoms with Crippen LogP contribution in [0.25, 0.3) is 0 Å². The molecule has 1 saturated carbocycles. The van der Waals surface area contributed by atoms with E-state index in [4.69, 9.17) is 47.4 Å². The van der Waals surface area contributed by atoms with Crippen molar-refractivity contribution >= 4 is 41.8 Å². The van der Waals surface area contributed by atoms with Crippen molar-refractivity contribution in [3.8, 4) is 0 Å². The summed E-state index contributed by atoms with van der Waals surface area (Å²) in [6.45, 7) is 7.68. The molecule has 3 rings (SSSR count). The topological polar surface area (TPSA) is 212 Å². The Morgan fingerprint density at radius 3 is 1.85 bits per heavy atom. The standard InChI is InChI=1S/C29H38O17/c1-12(30)38-11-20-23(41-14(3)32)24(42-15(4)33)25(43-16(5)34)28(44-20)45-27-22-21(18(10-39-27)26(36)37-8)19(40-13(2)31)9-29(22,7)46-17(6)35/h10,19-25,27-28H,9,11H2,1-8H3/t19-,20-,21+,22-,23-,24+,25-,27+,28+,29+/m1/s1.